The van der Waals surface area contributed by atoms with Crippen LogP contribution in [0.3, 0.4) is 0 Å². The van der Waals surface area contributed by atoms with E-state index in [0.29, 0.717) is 22.7 Å². The number of nitrogens with one attached hydrogen (secondary N) is 1. The third kappa shape index (κ3) is 4.09. The largest absolute Gasteiger partial charge is 0.444 e. The number of halogens is 1. The quantitative estimate of drug-likeness (QED) is 0.483. The van der Waals surface area contributed by atoms with Crippen LogP contribution in [0.15, 0.2) is 83.6 Å². The molecule has 1 amide bonds. The number of amides is 1. The molecule has 4 rings (SSSR count). The minimum absolute atomic E-state index is 0.0583. The Hall–Kier alpha value is -3.73. The summed E-state index contributed by atoms with van der Waals surface area (Å²) in [6.07, 6.45) is 2.98. The maximum atomic E-state index is 13.9. The van der Waals surface area contributed by atoms with Crippen molar-refractivity contribution in [2.24, 2.45) is 0 Å². The molecule has 0 unspecified atom stereocenters. The molecule has 1 aromatic heterocycles. The summed E-state index contributed by atoms with van der Waals surface area (Å²) in [5.74, 6) is -0.307. The van der Waals surface area contributed by atoms with Gasteiger partial charge in [0.1, 0.15) is 12.1 Å². The predicted octanol–water partition coefficient (Wildman–Crippen LogP) is 5.64. The molecule has 0 spiro atoms. The molecular formula is C24H19FN2O2. The van der Waals surface area contributed by atoms with E-state index in [0.717, 1.165) is 16.7 Å². The number of aryl methyl sites for hydroxylation is 1. The fourth-order valence-electron chi connectivity index (χ4n) is 3.26. The summed E-state index contributed by atoms with van der Waals surface area (Å²) >= 11 is 0. The molecule has 4 aromatic rings. The molecule has 0 aliphatic carbocycles. The lowest BCUT2D eigenvalue weighted by atomic mass is 9.98. The van der Waals surface area contributed by atoms with Crippen molar-refractivity contribution in [2.75, 3.05) is 5.32 Å². The molecular weight excluding hydrogens is 367 g/mol. The van der Waals surface area contributed by atoms with Gasteiger partial charge < -0.3 is 9.73 Å². The van der Waals surface area contributed by atoms with E-state index < -0.39 is 5.82 Å². The van der Waals surface area contributed by atoms with Crippen molar-refractivity contribution < 1.29 is 13.6 Å². The zero-order valence-electron chi connectivity index (χ0n) is 15.9. The number of oxazole rings is 1. The number of carbonyl (C=O) groups excluding carboxylic acids is 1. The van der Waals surface area contributed by atoms with Crippen LogP contribution in [0, 0.1) is 12.7 Å². The summed E-state index contributed by atoms with van der Waals surface area (Å²) in [5.41, 5.74) is 4.79. The summed E-state index contributed by atoms with van der Waals surface area (Å²) in [4.78, 5) is 16.8. The Balaban J connectivity index is 1.67. The molecule has 29 heavy (non-hydrogen) atoms. The van der Waals surface area contributed by atoms with Gasteiger partial charge in [-0.3, -0.25) is 4.79 Å². The maximum Gasteiger partial charge on any atom is 0.228 e. The first-order valence-corrected chi connectivity index (χ1v) is 9.25. The fraction of sp³-hybridized carbons (Fsp3) is 0.0833. The van der Waals surface area contributed by atoms with Gasteiger partial charge in [-0.15, -0.1) is 0 Å². The van der Waals surface area contributed by atoms with Crippen molar-refractivity contribution in [1.82, 2.24) is 4.98 Å². The minimum atomic E-state index is -0.398. The van der Waals surface area contributed by atoms with E-state index in [1.54, 1.807) is 24.4 Å². The van der Waals surface area contributed by atoms with Crippen LogP contribution in [-0.4, -0.2) is 10.9 Å². The predicted molar refractivity (Wildman–Crippen MR) is 111 cm³/mol. The van der Waals surface area contributed by atoms with E-state index >= 15 is 0 Å². The van der Waals surface area contributed by atoms with Crippen LogP contribution in [0.4, 0.5) is 10.1 Å². The van der Waals surface area contributed by atoms with Crippen LogP contribution < -0.4 is 5.32 Å². The summed E-state index contributed by atoms with van der Waals surface area (Å²) in [6, 6.07) is 20.0. The Morgan fingerprint density at radius 1 is 1.03 bits per heavy atom. The van der Waals surface area contributed by atoms with Gasteiger partial charge in [-0.05, 0) is 47.4 Å². The van der Waals surface area contributed by atoms with Crippen molar-refractivity contribution in [1.29, 1.82) is 0 Å². The highest BCUT2D eigenvalue weighted by Gasteiger charge is 2.15. The maximum absolute atomic E-state index is 13.9. The van der Waals surface area contributed by atoms with Crippen LogP contribution in [0.2, 0.25) is 0 Å². The summed E-state index contributed by atoms with van der Waals surface area (Å²) in [6.45, 7) is 2.05. The van der Waals surface area contributed by atoms with Gasteiger partial charge in [0.2, 0.25) is 11.8 Å². The second kappa shape index (κ2) is 8.10. The zero-order valence-corrected chi connectivity index (χ0v) is 15.9. The number of benzene rings is 3. The van der Waals surface area contributed by atoms with Crippen LogP contribution >= 0.6 is 0 Å². The monoisotopic (exact) mass is 386 g/mol. The number of nitrogens with zero attached hydrogens (tertiary/aromatic N) is 1. The molecule has 3 aromatic carbocycles. The highest BCUT2D eigenvalue weighted by Crippen LogP contribution is 2.33. The van der Waals surface area contributed by atoms with E-state index in [-0.39, 0.29) is 12.3 Å². The molecule has 0 saturated heterocycles. The van der Waals surface area contributed by atoms with Crippen LogP contribution in [0.1, 0.15) is 11.1 Å². The third-order valence-corrected chi connectivity index (χ3v) is 4.72. The van der Waals surface area contributed by atoms with Crippen molar-refractivity contribution in [3.8, 4) is 22.6 Å². The molecule has 0 aliphatic heterocycles. The number of hydrogen-bond donors (Lipinski definition) is 1. The van der Waals surface area contributed by atoms with E-state index in [4.69, 9.17) is 4.42 Å². The van der Waals surface area contributed by atoms with Gasteiger partial charge >= 0.3 is 0 Å². The Morgan fingerprint density at radius 3 is 2.59 bits per heavy atom. The average Bonchev–Trinajstić information content (AvgIpc) is 3.25. The Morgan fingerprint density at radius 2 is 1.83 bits per heavy atom. The normalized spacial score (nSPS) is 10.7. The fourth-order valence-corrected chi connectivity index (χ4v) is 3.26. The molecule has 0 bridgehead atoms. The van der Waals surface area contributed by atoms with Crippen molar-refractivity contribution in [2.45, 2.75) is 13.3 Å². The number of hydrogen-bond acceptors (Lipinski definition) is 3. The molecule has 0 radical (unpaired) electrons. The molecule has 1 N–H and O–H groups in total. The van der Waals surface area contributed by atoms with Gasteiger partial charge in [0, 0.05) is 0 Å². The highest BCUT2D eigenvalue weighted by molar-refractivity contribution is 5.96. The van der Waals surface area contributed by atoms with Crippen LogP contribution in [0.5, 0.6) is 0 Å². The zero-order chi connectivity index (χ0) is 20.2. The molecule has 4 nitrogen and oxygen atoms in total. The number of anilines is 1. The number of aromatic nitrogens is 1. The smallest absolute Gasteiger partial charge is 0.228 e. The molecule has 0 aliphatic rings. The van der Waals surface area contributed by atoms with Crippen LogP contribution in [0.25, 0.3) is 22.6 Å². The van der Waals surface area contributed by atoms with Crippen LogP contribution in [-0.2, 0) is 11.2 Å². The van der Waals surface area contributed by atoms with Gasteiger partial charge in [-0.1, -0.05) is 48.5 Å². The lowest BCUT2D eigenvalue weighted by Gasteiger charge is -2.13. The molecule has 0 fully saturated rings. The molecule has 144 valence electrons. The summed E-state index contributed by atoms with van der Waals surface area (Å²) < 4.78 is 19.3. The third-order valence-electron chi connectivity index (χ3n) is 4.72. The van der Waals surface area contributed by atoms with Gasteiger partial charge in [-0.2, -0.15) is 0 Å². The SMILES string of the molecule is Cc1ccccc1-c1ccc(NC(=O)Cc2ccccc2F)c(-c2ncco2)c1. The first-order chi connectivity index (χ1) is 14.1. The number of rotatable bonds is 5. The topological polar surface area (TPSA) is 55.1 Å². The number of carbonyl (C=O) groups is 1. The Labute approximate surface area is 168 Å². The minimum Gasteiger partial charge on any atom is -0.444 e. The lowest BCUT2D eigenvalue weighted by Crippen LogP contribution is -2.15. The first kappa shape index (κ1) is 18.6. The summed E-state index contributed by atoms with van der Waals surface area (Å²) in [5, 5.41) is 2.86. The van der Waals surface area contributed by atoms with E-state index in [1.165, 1.54) is 12.3 Å². The molecule has 0 saturated carbocycles. The highest BCUT2D eigenvalue weighted by atomic mass is 19.1. The Bertz CT molecular complexity index is 1150. The molecule has 5 heteroatoms. The van der Waals surface area contributed by atoms with Gasteiger partial charge in [0.05, 0.1) is 23.9 Å². The first-order valence-electron chi connectivity index (χ1n) is 9.25. The lowest BCUT2D eigenvalue weighted by molar-refractivity contribution is -0.115. The molecule has 1 heterocycles. The van der Waals surface area contributed by atoms with Gasteiger partial charge in [-0.25, -0.2) is 9.37 Å². The van der Waals surface area contributed by atoms with E-state index in [2.05, 4.69) is 10.3 Å². The van der Waals surface area contributed by atoms with Gasteiger partial charge in [0.15, 0.2) is 0 Å². The van der Waals surface area contributed by atoms with E-state index in [1.807, 2.05) is 49.4 Å². The Kier molecular flexibility index (Phi) is 5.20. The standard InChI is InChI=1S/C24H19FN2O2/c1-16-6-2-4-8-19(16)17-10-11-22(20(14-17)24-26-12-13-29-24)27-23(28)15-18-7-3-5-9-21(18)25/h2-14H,15H2,1H3,(H,27,28). The molecule has 0 atom stereocenters. The summed E-state index contributed by atoms with van der Waals surface area (Å²) in [7, 11) is 0. The van der Waals surface area contributed by atoms with Crippen molar-refractivity contribution >= 4 is 11.6 Å². The average molecular weight is 386 g/mol. The van der Waals surface area contributed by atoms with E-state index in [9.17, 15) is 9.18 Å². The van der Waals surface area contributed by atoms with Crippen molar-refractivity contribution in [3.05, 3.63) is 96.1 Å². The second-order valence-electron chi connectivity index (χ2n) is 6.73. The second-order valence-corrected chi connectivity index (χ2v) is 6.73. The van der Waals surface area contributed by atoms with Crippen molar-refractivity contribution in [3.63, 3.8) is 0 Å². The van der Waals surface area contributed by atoms with Gasteiger partial charge in [0.25, 0.3) is 0 Å².